The fraction of sp³-hybridized carbons (Fsp3) is 0.133. The van der Waals surface area contributed by atoms with Crippen LogP contribution in [0.2, 0.25) is 0 Å². The van der Waals surface area contributed by atoms with E-state index in [4.69, 9.17) is 11.0 Å². The Bertz CT molecular complexity index is 627. The highest BCUT2D eigenvalue weighted by atomic mass is 32.2. The summed E-state index contributed by atoms with van der Waals surface area (Å²) in [5.74, 6) is 0. The normalized spacial score (nSPS) is 10.1. The molecule has 0 aliphatic rings. The molecule has 90 valence electrons. The number of hydrogen-bond acceptors (Lipinski definition) is 3. The number of nitriles is 1. The molecule has 0 fully saturated rings. The minimum Gasteiger partial charge on any atom is -0.397 e. The Kier molecular flexibility index (Phi) is 3.59. The van der Waals surface area contributed by atoms with Gasteiger partial charge in [-0.2, -0.15) is 5.26 Å². The number of nitrogens with two attached hydrogens (primary N) is 1. The summed E-state index contributed by atoms with van der Waals surface area (Å²) in [5.41, 5.74) is 9.52. The van der Waals surface area contributed by atoms with Crippen molar-refractivity contribution < 1.29 is 0 Å². The zero-order valence-electron chi connectivity index (χ0n) is 10.4. The van der Waals surface area contributed by atoms with Crippen molar-refractivity contribution in [3.8, 4) is 6.07 Å². The van der Waals surface area contributed by atoms with Crippen molar-refractivity contribution in [1.82, 2.24) is 0 Å². The third-order valence-corrected chi connectivity index (χ3v) is 3.99. The van der Waals surface area contributed by atoms with E-state index in [1.54, 1.807) is 17.8 Å². The predicted molar refractivity (Wildman–Crippen MR) is 75.6 cm³/mol. The number of anilines is 1. The third kappa shape index (κ3) is 2.49. The maximum atomic E-state index is 8.97. The van der Waals surface area contributed by atoms with E-state index < -0.39 is 0 Å². The lowest BCUT2D eigenvalue weighted by Crippen LogP contribution is -1.93. The predicted octanol–water partition coefficient (Wildman–Crippen LogP) is 3.91. The standard InChI is InChI=1S/C15H14N2S/c1-10-6-7-11(2)14(8-10)18-13-5-3-4-12(9-16)15(13)17/h3-8H,17H2,1-2H3. The molecule has 2 nitrogen and oxygen atoms in total. The second-order valence-electron chi connectivity index (χ2n) is 4.20. The SMILES string of the molecule is Cc1ccc(C)c(Sc2cccc(C#N)c2N)c1. The minimum absolute atomic E-state index is 0.533. The molecule has 0 saturated carbocycles. The molecule has 0 amide bonds. The zero-order chi connectivity index (χ0) is 13.1. The van der Waals surface area contributed by atoms with Gasteiger partial charge in [-0.05, 0) is 43.2 Å². The Morgan fingerprint density at radius 3 is 2.61 bits per heavy atom. The van der Waals surface area contributed by atoms with E-state index >= 15 is 0 Å². The van der Waals surface area contributed by atoms with E-state index in [2.05, 4.69) is 38.1 Å². The molecule has 0 aliphatic carbocycles. The quantitative estimate of drug-likeness (QED) is 0.827. The number of nitrogens with zero attached hydrogens (tertiary/aromatic N) is 1. The lowest BCUT2D eigenvalue weighted by Gasteiger charge is -2.09. The second kappa shape index (κ2) is 5.16. The number of nitrogen functional groups attached to an aromatic ring is 1. The van der Waals surface area contributed by atoms with Crippen LogP contribution in [0.15, 0.2) is 46.2 Å². The van der Waals surface area contributed by atoms with Crippen molar-refractivity contribution in [2.45, 2.75) is 23.6 Å². The minimum atomic E-state index is 0.533. The maximum absolute atomic E-state index is 8.97. The van der Waals surface area contributed by atoms with Crippen molar-refractivity contribution >= 4 is 17.4 Å². The van der Waals surface area contributed by atoms with Gasteiger partial charge in [0, 0.05) is 9.79 Å². The first-order valence-corrected chi connectivity index (χ1v) is 6.47. The van der Waals surface area contributed by atoms with Crippen LogP contribution >= 0.6 is 11.8 Å². The summed E-state index contributed by atoms with van der Waals surface area (Å²) in [7, 11) is 0. The van der Waals surface area contributed by atoms with Crippen LogP contribution in [0.1, 0.15) is 16.7 Å². The Balaban J connectivity index is 2.41. The third-order valence-electron chi connectivity index (χ3n) is 2.75. The molecule has 0 heterocycles. The fourth-order valence-electron chi connectivity index (χ4n) is 1.67. The van der Waals surface area contributed by atoms with E-state index in [0.717, 1.165) is 4.90 Å². The molecule has 0 saturated heterocycles. The smallest absolute Gasteiger partial charge is 0.101 e. The van der Waals surface area contributed by atoms with Gasteiger partial charge in [0.2, 0.25) is 0 Å². The van der Waals surface area contributed by atoms with Crippen LogP contribution in [-0.4, -0.2) is 0 Å². The van der Waals surface area contributed by atoms with Crippen molar-refractivity contribution in [2.24, 2.45) is 0 Å². The molecule has 0 radical (unpaired) electrons. The molecule has 0 atom stereocenters. The van der Waals surface area contributed by atoms with Crippen LogP contribution < -0.4 is 5.73 Å². The topological polar surface area (TPSA) is 49.8 Å². The number of aryl methyl sites for hydroxylation is 2. The summed E-state index contributed by atoms with van der Waals surface area (Å²) in [5, 5.41) is 8.97. The lowest BCUT2D eigenvalue weighted by atomic mass is 10.2. The van der Waals surface area contributed by atoms with Gasteiger partial charge in [0.25, 0.3) is 0 Å². The molecule has 2 N–H and O–H groups in total. The van der Waals surface area contributed by atoms with Gasteiger partial charge >= 0.3 is 0 Å². The molecule has 0 aliphatic heterocycles. The summed E-state index contributed by atoms with van der Waals surface area (Å²) in [4.78, 5) is 2.11. The van der Waals surface area contributed by atoms with Crippen LogP contribution in [0.5, 0.6) is 0 Å². The van der Waals surface area contributed by atoms with Crippen LogP contribution in [0, 0.1) is 25.2 Å². The molecular formula is C15H14N2S. The van der Waals surface area contributed by atoms with Crippen molar-refractivity contribution in [3.63, 3.8) is 0 Å². The first-order valence-electron chi connectivity index (χ1n) is 5.65. The van der Waals surface area contributed by atoms with E-state index in [1.807, 2.05) is 12.1 Å². The monoisotopic (exact) mass is 254 g/mol. The van der Waals surface area contributed by atoms with Gasteiger partial charge in [0.15, 0.2) is 0 Å². The van der Waals surface area contributed by atoms with Gasteiger partial charge in [-0.15, -0.1) is 0 Å². The number of para-hydroxylation sites is 1. The summed E-state index contributed by atoms with van der Waals surface area (Å²) in [6, 6.07) is 14.0. The Morgan fingerprint density at radius 1 is 1.11 bits per heavy atom. The highest BCUT2D eigenvalue weighted by molar-refractivity contribution is 7.99. The van der Waals surface area contributed by atoms with Crippen molar-refractivity contribution in [1.29, 1.82) is 5.26 Å². The molecule has 0 unspecified atom stereocenters. The van der Waals surface area contributed by atoms with E-state index in [9.17, 15) is 0 Å². The fourth-order valence-corrected chi connectivity index (χ4v) is 2.74. The lowest BCUT2D eigenvalue weighted by molar-refractivity contribution is 1.25. The van der Waals surface area contributed by atoms with Gasteiger partial charge in [-0.1, -0.05) is 30.0 Å². The Hall–Kier alpha value is -1.92. The van der Waals surface area contributed by atoms with Crippen LogP contribution in [0.3, 0.4) is 0 Å². The highest BCUT2D eigenvalue weighted by Gasteiger charge is 2.07. The van der Waals surface area contributed by atoms with Gasteiger partial charge in [-0.3, -0.25) is 0 Å². The summed E-state index contributed by atoms with van der Waals surface area (Å²) >= 11 is 1.61. The van der Waals surface area contributed by atoms with Crippen molar-refractivity contribution in [3.05, 3.63) is 53.1 Å². The second-order valence-corrected chi connectivity index (χ2v) is 5.28. The molecular weight excluding hydrogens is 240 g/mol. The summed E-state index contributed by atoms with van der Waals surface area (Å²) in [6.07, 6.45) is 0. The van der Waals surface area contributed by atoms with Gasteiger partial charge in [0.1, 0.15) is 6.07 Å². The summed E-state index contributed by atoms with van der Waals surface area (Å²) < 4.78 is 0. The van der Waals surface area contributed by atoms with E-state index in [1.165, 1.54) is 16.0 Å². The molecule has 2 aromatic rings. The number of rotatable bonds is 2. The molecule has 3 heteroatoms. The van der Waals surface area contributed by atoms with Gasteiger partial charge < -0.3 is 5.73 Å². The molecule has 2 aromatic carbocycles. The maximum Gasteiger partial charge on any atom is 0.101 e. The largest absolute Gasteiger partial charge is 0.397 e. The molecule has 2 rings (SSSR count). The van der Waals surface area contributed by atoms with Crippen LogP contribution in [0.4, 0.5) is 5.69 Å². The number of benzene rings is 2. The van der Waals surface area contributed by atoms with Crippen LogP contribution in [-0.2, 0) is 0 Å². The molecule has 0 spiro atoms. The highest BCUT2D eigenvalue weighted by Crippen LogP contribution is 2.35. The zero-order valence-corrected chi connectivity index (χ0v) is 11.2. The average Bonchev–Trinajstić information content (AvgIpc) is 2.36. The van der Waals surface area contributed by atoms with Crippen LogP contribution in [0.25, 0.3) is 0 Å². The van der Waals surface area contributed by atoms with E-state index in [-0.39, 0.29) is 0 Å². The van der Waals surface area contributed by atoms with E-state index in [0.29, 0.717) is 11.3 Å². The van der Waals surface area contributed by atoms with Gasteiger partial charge in [-0.25, -0.2) is 0 Å². The van der Waals surface area contributed by atoms with Crippen molar-refractivity contribution in [2.75, 3.05) is 5.73 Å². The van der Waals surface area contributed by atoms with Gasteiger partial charge in [0.05, 0.1) is 11.3 Å². The average molecular weight is 254 g/mol. The molecule has 18 heavy (non-hydrogen) atoms. The molecule has 0 bridgehead atoms. The number of hydrogen-bond donors (Lipinski definition) is 1. The Labute approximate surface area is 111 Å². The first-order chi connectivity index (χ1) is 8.61. The Morgan fingerprint density at radius 2 is 1.89 bits per heavy atom. The summed E-state index contributed by atoms with van der Waals surface area (Å²) in [6.45, 7) is 4.14. The first kappa shape index (κ1) is 12.5. The molecule has 0 aromatic heterocycles.